The summed E-state index contributed by atoms with van der Waals surface area (Å²) in [4.78, 5) is 22.8. The van der Waals surface area contributed by atoms with Crippen molar-refractivity contribution in [3.63, 3.8) is 0 Å². The summed E-state index contributed by atoms with van der Waals surface area (Å²) >= 11 is 5.59. The Hall–Kier alpha value is -2.38. The van der Waals surface area contributed by atoms with Gasteiger partial charge in [0.25, 0.3) is 10.0 Å². The molecule has 0 bridgehead atoms. The van der Waals surface area contributed by atoms with Crippen LogP contribution in [0.3, 0.4) is 0 Å². The maximum absolute atomic E-state index is 13.1. The first-order valence-electron chi connectivity index (χ1n) is 7.81. The fourth-order valence-corrected chi connectivity index (χ4v) is 4.16. The Morgan fingerprint density at radius 1 is 1.04 bits per heavy atom. The van der Waals surface area contributed by atoms with E-state index >= 15 is 0 Å². The first kappa shape index (κ1) is 19.9. The van der Waals surface area contributed by atoms with Crippen LogP contribution in [0, 0.1) is 6.92 Å². The molecule has 0 heterocycles. The van der Waals surface area contributed by atoms with Crippen molar-refractivity contribution in [2.75, 3.05) is 9.62 Å². The van der Waals surface area contributed by atoms with Crippen molar-refractivity contribution in [2.45, 2.75) is 31.7 Å². The zero-order valence-corrected chi connectivity index (χ0v) is 16.1. The van der Waals surface area contributed by atoms with Crippen LogP contribution in [-0.2, 0) is 19.6 Å². The van der Waals surface area contributed by atoms with Gasteiger partial charge in [-0.25, -0.2) is 8.42 Å². The van der Waals surface area contributed by atoms with Crippen molar-refractivity contribution < 1.29 is 18.0 Å². The molecule has 0 aliphatic carbocycles. The van der Waals surface area contributed by atoms with Gasteiger partial charge in [-0.1, -0.05) is 17.7 Å². The summed E-state index contributed by atoms with van der Waals surface area (Å²) < 4.78 is 27.2. The Morgan fingerprint density at radius 2 is 1.58 bits per heavy atom. The van der Waals surface area contributed by atoms with Crippen LogP contribution in [0.2, 0.25) is 0 Å². The molecule has 1 unspecified atom stereocenters. The van der Waals surface area contributed by atoms with Gasteiger partial charge >= 0.3 is 0 Å². The van der Waals surface area contributed by atoms with Gasteiger partial charge in [0.05, 0.1) is 10.6 Å². The van der Waals surface area contributed by atoms with Crippen LogP contribution in [0.1, 0.15) is 19.4 Å². The largest absolute Gasteiger partial charge is 0.326 e. The minimum atomic E-state index is -4.04. The van der Waals surface area contributed by atoms with Gasteiger partial charge in [0.15, 0.2) is 0 Å². The average Bonchev–Trinajstić information content (AvgIpc) is 2.56. The number of sulfonamides is 1. The number of amides is 1. The number of anilines is 2. The number of carbonyl (C=O) groups is 2. The van der Waals surface area contributed by atoms with E-state index in [1.807, 2.05) is 6.92 Å². The summed E-state index contributed by atoms with van der Waals surface area (Å²) in [5.74, 6) is -0.261. The summed E-state index contributed by atoms with van der Waals surface area (Å²) in [6, 6.07) is 11.4. The second-order valence-corrected chi connectivity index (χ2v) is 8.01. The molecule has 0 radical (unpaired) electrons. The van der Waals surface area contributed by atoms with E-state index in [0.29, 0.717) is 11.4 Å². The summed E-state index contributed by atoms with van der Waals surface area (Å²) in [6.07, 6.45) is 0. The molecule has 1 N–H and O–H groups in total. The van der Waals surface area contributed by atoms with E-state index in [0.717, 1.165) is 9.87 Å². The van der Waals surface area contributed by atoms with E-state index in [2.05, 4.69) is 5.32 Å². The highest BCUT2D eigenvalue weighted by Crippen LogP contribution is 2.28. The SMILES string of the molecule is CC(=O)Nc1ccc(S(=O)(=O)N(c2ccc(C)cc2)C(C)C(=O)Cl)cc1. The molecular formula is C18H19ClN2O4S. The van der Waals surface area contributed by atoms with Crippen molar-refractivity contribution in [3.8, 4) is 0 Å². The lowest BCUT2D eigenvalue weighted by Crippen LogP contribution is -2.42. The number of nitrogens with zero attached hydrogens (tertiary/aromatic N) is 1. The molecule has 2 rings (SSSR count). The Kier molecular flexibility index (Phi) is 6.05. The molecule has 138 valence electrons. The number of rotatable bonds is 6. The second kappa shape index (κ2) is 7.88. The molecule has 2 aromatic rings. The Labute approximate surface area is 157 Å². The third-order valence-corrected chi connectivity index (χ3v) is 5.93. The van der Waals surface area contributed by atoms with Crippen LogP contribution in [0.25, 0.3) is 0 Å². The van der Waals surface area contributed by atoms with E-state index in [4.69, 9.17) is 11.6 Å². The molecule has 1 amide bonds. The first-order chi connectivity index (χ1) is 12.1. The predicted molar refractivity (Wildman–Crippen MR) is 102 cm³/mol. The molecular weight excluding hydrogens is 376 g/mol. The number of hydrogen-bond acceptors (Lipinski definition) is 4. The van der Waals surface area contributed by atoms with Gasteiger partial charge in [-0.05, 0) is 61.8 Å². The molecule has 26 heavy (non-hydrogen) atoms. The van der Waals surface area contributed by atoms with Crippen molar-refractivity contribution in [2.24, 2.45) is 0 Å². The molecule has 0 saturated carbocycles. The topological polar surface area (TPSA) is 83.6 Å². The molecule has 0 aliphatic rings. The molecule has 0 saturated heterocycles. The van der Waals surface area contributed by atoms with Gasteiger partial charge in [0, 0.05) is 12.6 Å². The number of carbonyl (C=O) groups excluding carboxylic acids is 2. The molecule has 6 nitrogen and oxygen atoms in total. The maximum atomic E-state index is 13.1. The smallest absolute Gasteiger partial charge is 0.265 e. The average molecular weight is 395 g/mol. The molecule has 1 atom stereocenters. The summed E-state index contributed by atoms with van der Waals surface area (Å²) in [6.45, 7) is 4.66. The van der Waals surface area contributed by atoms with Crippen LogP contribution in [0.5, 0.6) is 0 Å². The van der Waals surface area contributed by atoms with Crippen LogP contribution in [0.4, 0.5) is 11.4 Å². The monoisotopic (exact) mass is 394 g/mol. The van der Waals surface area contributed by atoms with E-state index in [1.165, 1.54) is 38.1 Å². The molecule has 0 fully saturated rings. The normalized spacial score (nSPS) is 12.3. The third-order valence-electron chi connectivity index (χ3n) is 3.70. The summed E-state index contributed by atoms with van der Waals surface area (Å²) in [5.41, 5.74) is 1.76. The van der Waals surface area contributed by atoms with Crippen LogP contribution < -0.4 is 9.62 Å². The number of benzene rings is 2. The van der Waals surface area contributed by atoms with Gasteiger partial charge in [0.2, 0.25) is 11.1 Å². The first-order valence-corrected chi connectivity index (χ1v) is 9.63. The number of halogens is 1. The van der Waals surface area contributed by atoms with Crippen LogP contribution >= 0.6 is 11.6 Å². The molecule has 2 aromatic carbocycles. The highest BCUT2D eigenvalue weighted by Gasteiger charge is 2.32. The summed E-state index contributed by atoms with van der Waals surface area (Å²) in [5, 5.41) is 1.78. The lowest BCUT2D eigenvalue weighted by atomic mass is 10.2. The molecule has 0 spiro atoms. The fraction of sp³-hybridized carbons (Fsp3) is 0.222. The highest BCUT2D eigenvalue weighted by atomic mass is 35.5. The van der Waals surface area contributed by atoms with Gasteiger partial charge in [-0.2, -0.15) is 0 Å². The van der Waals surface area contributed by atoms with Crippen molar-refractivity contribution in [1.82, 2.24) is 0 Å². The Bertz CT molecular complexity index is 909. The van der Waals surface area contributed by atoms with E-state index in [-0.39, 0.29) is 10.8 Å². The molecule has 0 aliphatic heterocycles. The van der Waals surface area contributed by atoms with Gasteiger partial charge in [-0.15, -0.1) is 0 Å². The summed E-state index contributed by atoms with van der Waals surface area (Å²) in [7, 11) is -4.04. The van der Waals surface area contributed by atoms with Crippen molar-refractivity contribution in [1.29, 1.82) is 0 Å². The predicted octanol–water partition coefficient (Wildman–Crippen LogP) is 3.30. The lowest BCUT2D eigenvalue weighted by molar-refractivity contribution is -0.114. The standard InChI is InChI=1S/C18H19ClN2O4S/c1-12-4-8-16(9-5-12)21(13(2)18(19)23)26(24,25)17-10-6-15(7-11-17)20-14(3)22/h4-11,13H,1-3H3,(H,20,22). The van der Waals surface area contributed by atoms with E-state index in [9.17, 15) is 18.0 Å². The number of nitrogens with one attached hydrogen (secondary N) is 1. The van der Waals surface area contributed by atoms with E-state index < -0.39 is 21.3 Å². The number of hydrogen-bond donors (Lipinski definition) is 1. The van der Waals surface area contributed by atoms with Crippen LogP contribution in [0.15, 0.2) is 53.4 Å². The Morgan fingerprint density at radius 3 is 2.04 bits per heavy atom. The quantitative estimate of drug-likeness (QED) is 0.762. The van der Waals surface area contributed by atoms with Crippen LogP contribution in [-0.4, -0.2) is 25.6 Å². The minimum absolute atomic E-state index is 0.0167. The minimum Gasteiger partial charge on any atom is -0.326 e. The van der Waals surface area contributed by atoms with E-state index in [1.54, 1.807) is 24.3 Å². The maximum Gasteiger partial charge on any atom is 0.265 e. The Balaban J connectivity index is 2.50. The van der Waals surface area contributed by atoms with Gasteiger partial charge in [0.1, 0.15) is 6.04 Å². The zero-order chi connectivity index (χ0) is 19.5. The fourth-order valence-electron chi connectivity index (χ4n) is 2.38. The number of aryl methyl sites for hydroxylation is 1. The van der Waals surface area contributed by atoms with Crippen molar-refractivity contribution >= 4 is 44.1 Å². The zero-order valence-electron chi connectivity index (χ0n) is 14.6. The van der Waals surface area contributed by atoms with Gasteiger partial charge < -0.3 is 5.32 Å². The lowest BCUT2D eigenvalue weighted by Gasteiger charge is -2.28. The van der Waals surface area contributed by atoms with Gasteiger partial charge in [-0.3, -0.25) is 13.9 Å². The third kappa shape index (κ3) is 4.42. The molecule has 8 heteroatoms. The van der Waals surface area contributed by atoms with Crippen molar-refractivity contribution in [3.05, 3.63) is 54.1 Å². The highest BCUT2D eigenvalue weighted by molar-refractivity contribution is 7.93. The second-order valence-electron chi connectivity index (χ2n) is 5.82. The molecule has 0 aromatic heterocycles.